The van der Waals surface area contributed by atoms with Gasteiger partial charge in [-0.25, -0.2) is 0 Å². The summed E-state index contributed by atoms with van der Waals surface area (Å²) >= 11 is 0. The van der Waals surface area contributed by atoms with Crippen LogP contribution in [0.2, 0.25) is 0 Å². The molecule has 3 N–H and O–H groups in total. The number of rotatable bonds is 8. The van der Waals surface area contributed by atoms with E-state index in [1.54, 1.807) is 0 Å². The van der Waals surface area contributed by atoms with Crippen LogP contribution in [0.3, 0.4) is 0 Å². The topological polar surface area (TPSA) is 72.2 Å². The molecule has 0 aliphatic carbocycles. The minimum absolute atomic E-state index is 0.287. The van der Waals surface area contributed by atoms with Crippen molar-refractivity contribution in [1.29, 1.82) is 0 Å². The van der Waals surface area contributed by atoms with Crippen LogP contribution in [-0.2, 0) is 15.0 Å². The molecule has 0 saturated carbocycles. The maximum absolute atomic E-state index is 14.0. The predicted molar refractivity (Wildman–Crippen MR) is 135 cm³/mol. The summed E-state index contributed by atoms with van der Waals surface area (Å²) in [5.74, 6) is -1.31. The Hall–Kier alpha value is -4.18. The van der Waals surface area contributed by atoms with E-state index in [4.69, 9.17) is 5.73 Å². The van der Waals surface area contributed by atoms with E-state index < -0.39 is 23.3 Å². The summed E-state index contributed by atoms with van der Waals surface area (Å²) in [6.07, 6.45) is 0. The first-order valence-corrected chi connectivity index (χ1v) is 11.3. The van der Waals surface area contributed by atoms with Crippen molar-refractivity contribution in [2.45, 2.75) is 24.3 Å². The Morgan fingerprint density at radius 1 is 0.647 bits per heavy atom. The van der Waals surface area contributed by atoms with Crippen LogP contribution in [-0.4, -0.2) is 17.9 Å². The lowest BCUT2D eigenvalue weighted by atomic mass is 9.74. The van der Waals surface area contributed by atoms with Crippen LogP contribution in [0, 0.1) is 0 Å². The molecule has 0 aliphatic rings. The molecule has 0 spiro atoms. The van der Waals surface area contributed by atoms with Gasteiger partial charge in [0.1, 0.15) is 6.04 Å². The predicted octanol–water partition coefficient (Wildman–Crippen LogP) is 4.79. The third-order valence-electron chi connectivity index (χ3n) is 6.40. The highest BCUT2D eigenvalue weighted by molar-refractivity contribution is 5.95. The van der Waals surface area contributed by atoms with Crippen molar-refractivity contribution in [3.05, 3.63) is 144 Å². The third-order valence-corrected chi connectivity index (χ3v) is 6.40. The summed E-state index contributed by atoms with van der Waals surface area (Å²) in [5, 5.41) is 3.04. The Balaban J connectivity index is 1.79. The highest BCUT2D eigenvalue weighted by Gasteiger charge is 2.40. The van der Waals surface area contributed by atoms with Crippen molar-refractivity contribution < 1.29 is 9.59 Å². The average molecular weight is 449 g/mol. The van der Waals surface area contributed by atoms with E-state index in [1.165, 1.54) is 0 Å². The van der Waals surface area contributed by atoms with Gasteiger partial charge >= 0.3 is 0 Å². The molecule has 0 aliphatic heterocycles. The summed E-state index contributed by atoms with van der Waals surface area (Å²) in [6, 6.07) is 37.6. The summed E-state index contributed by atoms with van der Waals surface area (Å²) in [6.45, 7) is 1.88. The second-order valence-corrected chi connectivity index (χ2v) is 8.51. The number of nitrogens with one attached hydrogen (secondary N) is 1. The largest absolute Gasteiger partial charge is 0.368 e. The van der Waals surface area contributed by atoms with E-state index in [-0.39, 0.29) is 5.91 Å². The molecule has 0 bridgehead atoms. The van der Waals surface area contributed by atoms with Crippen molar-refractivity contribution in [3.8, 4) is 0 Å². The molecule has 0 saturated heterocycles. The highest BCUT2D eigenvalue weighted by Crippen LogP contribution is 2.34. The molecule has 0 unspecified atom stereocenters. The van der Waals surface area contributed by atoms with Gasteiger partial charge in [-0.15, -0.1) is 0 Å². The molecule has 2 amide bonds. The third kappa shape index (κ3) is 4.62. The summed E-state index contributed by atoms with van der Waals surface area (Å²) in [5.41, 5.74) is 8.37. The Kier molecular flexibility index (Phi) is 6.88. The van der Waals surface area contributed by atoms with Crippen molar-refractivity contribution >= 4 is 11.8 Å². The van der Waals surface area contributed by atoms with E-state index in [0.717, 1.165) is 22.3 Å². The number of primary amides is 1. The quantitative estimate of drug-likeness (QED) is 0.407. The summed E-state index contributed by atoms with van der Waals surface area (Å²) < 4.78 is 0. The van der Waals surface area contributed by atoms with Crippen LogP contribution < -0.4 is 11.1 Å². The maximum Gasteiger partial charge on any atom is 0.240 e. The minimum atomic E-state index is -1.02. The molecule has 0 radical (unpaired) electrons. The van der Waals surface area contributed by atoms with Gasteiger partial charge in [0.2, 0.25) is 11.8 Å². The molecule has 34 heavy (non-hydrogen) atoms. The average Bonchev–Trinajstić information content (AvgIpc) is 2.90. The molecular formula is C30H28N2O2. The molecule has 1 atom stereocenters. The fourth-order valence-corrected chi connectivity index (χ4v) is 4.47. The van der Waals surface area contributed by atoms with Gasteiger partial charge in [-0.1, -0.05) is 121 Å². The van der Waals surface area contributed by atoms with Crippen LogP contribution in [0.25, 0.3) is 0 Å². The number of hydrogen-bond donors (Lipinski definition) is 2. The van der Waals surface area contributed by atoms with Gasteiger partial charge in [-0.3, -0.25) is 9.59 Å². The fraction of sp³-hybridized carbons (Fsp3) is 0.133. The van der Waals surface area contributed by atoms with Crippen molar-refractivity contribution in [3.63, 3.8) is 0 Å². The molecule has 4 heteroatoms. The zero-order chi connectivity index (χ0) is 24.0. The molecule has 0 fully saturated rings. The van der Waals surface area contributed by atoms with Crippen LogP contribution in [0.1, 0.15) is 35.1 Å². The molecule has 4 aromatic carbocycles. The van der Waals surface area contributed by atoms with Gasteiger partial charge in [-0.05, 0) is 29.2 Å². The summed E-state index contributed by atoms with van der Waals surface area (Å²) in [7, 11) is 0. The lowest BCUT2D eigenvalue weighted by Gasteiger charge is -2.34. The number of carbonyl (C=O) groups excluding carboxylic acids is 2. The normalized spacial score (nSPS) is 12.2. The zero-order valence-corrected chi connectivity index (χ0v) is 19.1. The van der Waals surface area contributed by atoms with Crippen molar-refractivity contribution in [2.24, 2.45) is 5.73 Å². The number of benzene rings is 4. The Morgan fingerprint density at radius 3 is 1.35 bits per heavy atom. The van der Waals surface area contributed by atoms with Crippen LogP contribution in [0.5, 0.6) is 0 Å². The van der Waals surface area contributed by atoms with Crippen molar-refractivity contribution in [1.82, 2.24) is 5.32 Å². The van der Waals surface area contributed by atoms with Crippen LogP contribution in [0.4, 0.5) is 0 Å². The van der Waals surface area contributed by atoms with Crippen molar-refractivity contribution in [2.75, 3.05) is 0 Å². The first-order chi connectivity index (χ1) is 16.5. The lowest BCUT2D eigenvalue weighted by Crippen LogP contribution is -2.54. The first-order valence-electron chi connectivity index (χ1n) is 11.3. The molecule has 4 rings (SSSR count). The first kappa shape index (κ1) is 23.0. The number of hydrogen-bond acceptors (Lipinski definition) is 2. The van der Waals surface area contributed by atoms with E-state index in [1.807, 2.05) is 128 Å². The minimum Gasteiger partial charge on any atom is -0.368 e. The highest BCUT2D eigenvalue weighted by atomic mass is 16.2. The van der Waals surface area contributed by atoms with Gasteiger partial charge in [0, 0.05) is 5.92 Å². The Morgan fingerprint density at radius 2 is 1.00 bits per heavy atom. The van der Waals surface area contributed by atoms with Gasteiger partial charge in [0.15, 0.2) is 0 Å². The Bertz CT molecular complexity index is 1150. The molecule has 170 valence electrons. The van der Waals surface area contributed by atoms with Crippen LogP contribution >= 0.6 is 0 Å². The molecular weight excluding hydrogens is 420 g/mol. The molecule has 0 aromatic heterocycles. The van der Waals surface area contributed by atoms with Gasteiger partial charge in [0.25, 0.3) is 0 Å². The van der Waals surface area contributed by atoms with E-state index in [9.17, 15) is 9.59 Å². The molecule has 0 heterocycles. The summed E-state index contributed by atoms with van der Waals surface area (Å²) in [4.78, 5) is 26.9. The number of nitrogens with two attached hydrogens (primary N) is 1. The van der Waals surface area contributed by atoms with E-state index in [2.05, 4.69) is 5.32 Å². The fourth-order valence-electron chi connectivity index (χ4n) is 4.47. The molecule has 4 aromatic rings. The Labute approximate surface area is 200 Å². The lowest BCUT2D eigenvalue weighted by molar-refractivity contribution is -0.130. The van der Waals surface area contributed by atoms with Gasteiger partial charge in [0.05, 0.1) is 5.41 Å². The van der Waals surface area contributed by atoms with E-state index in [0.29, 0.717) is 0 Å². The number of carbonyl (C=O) groups is 2. The SMILES string of the molecule is CC(C(=O)N[C@@H](C(N)=O)C(c1ccccc1)c1ccccc1)(c1ccccc1)c1ccccc1. The smallest absolute Gasteiger partial charge is 0.240 e. The van der Waals surface area contributed by atoms with Gasteiger partial charge in [-0.2, -0.15) is 0 Å². The van der Waals surface area contributed by atoms with Crippen LogP contribution in [0.15, 0.2) is 121 Å². The monoisotopic (exact) mass is 448 g/mol. The second kappa shape index (κ2) is 10.2. The molecule has 4 nitrogen and oxygen atoms in total. The van der Waals surface area contributed by atoms with E-state index >= 15 is 0 Å². The second-order valence-electron chi connectivity index (χ2n) is 8.51. The van der Waals surface area contributed by atoms with Gasteiger partial charge < -0.3 is 11.1 Å². The standard InChI is InChI=1S/C30H28N2O2/c1-30(24-18-10-4-11-19-24,25-20-12-5-13-21-25)29(34)32-27(28(31)33)26(22-14-6-2-7-15-22)23-16-8-3-9-17-23/h2-21,26-27H,1H3,(H2,31,33)(H,32,34)/t27-/m1/s1. The maximum atomic E-state index is 14.0. The number of amides is 2. The zero-order valence-electron chi connectivity index (χ0n) is 19.1.